The summed E-state index contributed by atoms with van der Waals surface area (Å²) in [4.78, 5) is 0. The van der Waals surface area contributed by atoms with Gasteiger partial charge in [-0.2, -0.15) is 0 Å². The second kappa shape index (κ2) is 8.89. The van der Waals surface area contributed by atoms with Gasteiger partial charge in [-0.25, -0.2) is 0 Å². The maximum atomic E-state index is 8.71. The second-order valence-electron chi connectivity index (χ2n) is 7.13. The molecular formula is C19H32O2. The van der Waals surface area contributed by atoms with Crippen LogP contribution < -0.4 is 4.74 Å². The van der Waals surface area contributed by atoms with E-state index in [2.05, 4.69) is 53.3 Å². The molecule has 0 amide bonds. The molecule has 0 saturated carbocycles. The van der Waals surface area contributed by atoms with Crippen LogP contribution >= 0.6 is 0 Å². The number of aliphatic hydroxyl groups is 1. The smallest absolute Gasteiger partial charge is 0.119 e. The van der Waals surface area contributed by atoms with E-state index in [1.807, 2.05) is 19.1 Å². The Kier molecular flexibility index (Phi) is 8.34. The predicted octanol–water partition coefficient (Wildman–Crippen LogP) is 4.96. The first-order valence-corrected chi connectivity index (χ1v) is 7.57. The van der Waals surface area contributed by atoms with Gasteiger partial charge in [0.2, 0.25) is 0 Å². The van der Waals surface area contributed by atoms with Crippen LogP contribution in [-0.4, -0.2) is 18.3 Å². The Morgan fingerprint density at radius 1 is 1.10 bits per heavy atom. The molecule has 0 spiro atoms. The van der Waals surface area contributed by atoms with Crippen molar-refractivity contribution < 1.29 is 9.84 Å². The first-order valence-electron chi connectivity index (χ1n) is 7.57. The predicted molar refractivity (Wildman–Crippen MR) is 92.0 cm³/mol. The van der Waals surface area contributed by atoms with Crippen LogP contribution in [0.2, 0.25) is 0 Å². The Bertz CT molecular complexity index is 397. The van der Waals surface area contributed by atoms with Crippen molar-refractivity contribution in [2.45, 2.75) is 53.4 Å². The maximum Gasteiger partial charge on any atom is 0.119 e. The molecule has 0 fully saturated rings. The highest BCUT2D eigenvalue weighted by Gasteiger charge is 2.27. The quantitative estimate of drug-likeness (QED) is 0.777. The lowest BCUT2D eigenvalue weighted by Gasteiger charge is -2.33. The van der Waals surface area contributed by atoms with Gasteiger partial charge in [-0.3, -0.25) is 0 Å². The molecular weight excluding hydrogens is 260 g/mol. The van der Waals surface area contributed by atoms with Crippen molar-refractivity contribution in [1.82, 2.24) is 0 Å². The normalized spacial score (nSPS) is 11.4. The molecule has 2 heteroatoms. The minimum absolute atomic E-state index is 0.0528. The molecule has 2 nitrogen and oxygen atoms in total. The summed E-state index contributed by atoms with van der Waals surface area (Å²) in [6.45, 7) is 17.0. The summed E-state index contributed by atoms with van der Waals surface area (Å²) in [5, 5.41) is 8.71. The van der Waals surface area contributed by atoms with Gasteiger partial charge in [-0.1, -0.05) is 52.8 Å². The number of ether oxygens (including phenoxy) is 1. The summed E-state index contributed by atoms with van der Waals surface area (Å²) in [6.07, 6.45) is 2.89. The first-order chi connectivity index (χ1) is 9.66. The van der Waals surface area contributed by atoms with Crippen molar-refractivity contribution in [2.75, 3.05) is 13.2 Å². The van der Waals surface area contributed by atoms with Gasteiger partial charge in [0, 0.05) is 0 Å². The molecule has 0 aliphatic carbocycles. The number of rotatable bonds is 5. The van der Waals surface area contributed by atoms with Crippen LogP contribution in [0, 0.1) is 5.41 Å². The summed E-state index contributed by atoms with van der Waals surface area (Å²) in [5.41, 5.74) is 1.80. The largest absolute Gasteiger partial charge is 0.491 e. The van der Waals surface area contributed by atoms with E-state index in [0.717, 1.165) is 12.2 Å². The van der Waals surface area contributed by atoms with Gasteiger partial charge in [-0.15, -0.1) is 6.58 Å². The third-order valence-corrected chi connectivity index (χ3v) is 2.97. The molecule has 0 unspecified atom stereocenters. The highest BCUT2D eigenvalue weighted by atomic mass is 16.5. The first kappa shape index (κ1) is 19.7. The van der Waals surface area contributed by atoms with E-state index in [1.165, 1.54) is 5.56 Å². The molecule has 0 radical (unpaired) electrons. The minimum Gasteiger partial charge on any atom is -0.491 e. The average molecular weight is 292 g/mol. The summed E-state index contributed by atoms with van der Waals surface area (Å²) < 4.78 is 5.37. The SMILES string of the molecule is C=CC.CC(C)(C)CC(C)(C)c1ccc(OCCO)cc1. The zero-order valence-electron chi connectivity index (χ0n) is 14.6. The van der Waals surface area contributed by atoms with Crippen molar-refractivity contribution in [3.8, 4) is 5.75 Å². The lowest BCUT2D eigenvalue weighted by Crippen LogP contribution is -2.24. The second-order valence-corrected chi connectivity index (χ2v) is 7.13. The van der Waals surface area contributed by atoms with Crippen molar-refractivity contribution in [3.63, 3.8) is 0 Å². The van der Waals surface area contributed by atoms with E-state index in [0.29, 0.717) is 12.0 Å². The van der Waals surface area contributed by atoms with Gasteiger partial charge < -0.3 is 9.84 Å². The summed E-state index contributed by atoms with van der Waals surface area (Å²) >= 11 is 0. The monoisotopic (exact) mass is 292 g/mol. The molecule has 1 aromatic rings. The van der Waals surface area contributed by atoms with Crippen LogP contribution in [0.1, 0.15) is 53.5 Å². The van der Waals surface area contributed by atoms with Crippen LogP contribution in [0.25, 0.3) is 0 Å². The number of aliphatic hydroxyl groups excluding tert-OH is 1. The van der Waals surface area contributed by atoms with Gasteiger partial charge in [0.25, 0.3) is 0 Å². The van der Waals surface area contributed by atoms with Crippen molar-refractivity contribution >= 4 is 0 Å². The lowest BCUT2D eigenvalue weighted by molar-refractivity contribution is 0.201. The van der Waals surface area contributed by atoms with Gasteiger partial charge in [0.1, 0.15) is 12.4 Å². The molecule has 21 heavy (non-hydrogen) atoms. The fourth-order valence-corrected chi connectivity index (χ4v) is 2.59. The number of hydrogen-bond acceptors (Lipinski definition) is 2. The zero-order valence-corrected chi connectivity index (χ0v) is 14.6. The Morgan fingerprint density at radius 2 is 1.57 bits per heavy atom. The third kappa shape index (κ3) is 8.56. The number of allylic oxidation sites excluding steroid dienone is 1. The molecule has 0 saturated heterocycles. The molecule has 0 heterocycles. The van der Waals surface area contributed by atoms with Gasteiger partial charge in [-0.05, 0) is 41.9 Å². The molecule has 0 atom stereocenters. The lowest BCUT2D eigenvalue weighted by atomic mass is 9.72. The average Bonchev–Trinajstić information content (AvgIpc) is 2.35. The van der Waals surface area contributed by atoms with Crippen LogP contribution in [0.4, 0.5) is 0 Å². The van der Waals surface area contributed by atoms with E-state index in [1.54, 1.807) is 6.08 Å². The molecule has 120 valence electrons. The van der Waals surface area contributed by atoms with Crippen molar-refractivity contribution in [3.05, 3.63) is 42.5 Å². The Hall–Kier alpha value is -1.28. The van der Waals surface area contributed by atoms with E-state index >= 15 is 0 Å². The standard InChI is InChI=1S/C16H26O2.C3H6/c1-15(2,3)12-16(4,5)13-6-8-14(9-7-13)18-11-10-17;1-3-2/h6-9,17H,10-12H2,1-5H3;3H,1H2,2H3. The fourth-order valence-electron chi connectivity index (χ4n) is 2.59. The van der Waals surface area contributed by atoms with Crippen LogP contribution in [0.3, 0.4) is 0 Å². The number of benzene rings is 1. The Labute approximate surface area is 130 Å². The molecule has 0 aliphatic heterocycles. The zero-order chi connectivity index (χ0) is 16.5. The number of hydrogen-bond donors (Lipinski definition) is 1. The highest BCUT2D eigenvalue weighted by molar-refractivity contribution is 5.31. The molecule has 0 aliphatic rings. The van der Waals surface area contributed by atoms with Gasteiger partial charge in [0.15, 0.2) is 0 Å². The fraction of sp³-hybridized carbons (Fsp3) is 0.579. The molecule has 1 N–H and O–H groups in total. The minimum atomic E-state index is 0.0528. The van der Waals surface area contributed by atoms with Crippen LogP contribution in [-0.2, 0) is 5.41 Å². The Morgan fingerprint density at radius 3 is 1.95 bits per heavy atom. The van der Waals surface area contributed by atoms with Crippen LogP contribution in [0.5, 0.6) is 5.75 Å². The van der Waals surface area contributed by atoms with Crippen molar-refractivity contribution in [1.29, 1.82) is 0 Å². The molecule has 0 bridgehead atoms. The highest BCUT2D eigenvalue weighted by Crippen LogP contribution is 2.36. The summed E-state index contributed by atoms with van der Waals surface area (Å²) in [6, 6.07) is 8.21. The van der Waals surface area contributed by atoms with Gasteiger partial charge >= 0.3 is 0 Å². The van der Waals surface area contributed by atoms with E-state index in [9.17, 15) is 0 Å². The molecule has 0 aromatic heterocycles. The molecule has 1 rings (SSSR count). The van der Waals surface area contributed by atoms with Crippen molar-refractivity contribution in [2.24, 2.45) is 5.41 Å². The maximum absolute atomic E-state index is 8.71. The Balaban J connectivity index is 0.00000122. The van der Waals surface area contributed by atoms with E-state index < -0.39 is 0 Å². The third-order valence-electron chi connectivity index (χ3n) is 2.97. The van der Waals surface area contributed by atoms with Crippen LogP contribution in [0.15, 0.2) is 36.9 Å². The molecule has 1 aromatic carbocycles. The summed E-state index contributed by atoms with van der Waals surface area (Å²) in [5.74, 6) is 0.819. The van der Waals surface area contributed by atoms with Gasteiger partial charge in [0.05, 0.1) is 6.61 Å². The summed E-state index contributed by atoms with van der Waals surface area (Å²) in [7, 11) is 0. The van der Waals surface area contributed by atoms with E-state index in [-0.39, 0.29) is 12.0 Å². The topological polar surface area (TPSA) is 29.5 Å². The van der Waals surface area contributed by atoms with E-state index in [4.69, 9.17) is 9.84 Å².